The molecule has 0 spiro atoms. The number of pyridine rings is 1. The van der Waals surface area contributed by atoms with E-state index in [2.05, 4.69) is 42.6 Å². The van der Waals surface area contributed by atoms with Gasteiger partial charge in [-0.1, -0.05) is 0 Å². The molecule has 2 saturated heterocycles. The Hall–Kier alpha value is -2.87. The van der Waals surface area contributed by atoms with E-state index in [0.717, 1.165) is 18.7 Å². The standard InChI is InChI=1S/C20H22FN7/c1-28(15-8-13-2-3-14(9-15)24-13)19-7-6-18(26-27-19)17-5-4-16(20(21)25-17)12-10-22-23-11-12/h4-7,10-11,13-15,24H,2-3,8-9H2,1H3,(H,22,23)/t13-,14+,15-. The number of rotatable bonds is 4. The molecule has 3 aromatic rings. The van der Waals surface area contributed by atoms with Gasteiger partial charge in [0.2, 0.25) is 5.95 Å². The van der Waals surface area contributed by atoms with E-state index in [0.29, 0.717) is 40.6 Å². The molecule has 2 aliphatic heterocycles. The van der Waals surface area contributed by atoms with Crippen LogP contribution in [0.4, 0.5) is 10.2 Å². The number of H-pyrrole nitrogens is 1. The molecule has 0 aromatic carbocycles. The topological polar surface area (TPSA) is 82.6 Å². The number of hydrogen-bond acceptors (Lipinski definition) is 6. The molecule has 2 fully saturated rings. The van der Waals surface area contributed by atoms with Crippen molar-refractivity contribution in [1.82, 2.24) is 30.7 Å². The molecule has 0 amide bonds. The highest BCUT2D eigenvalue weighted by Crippen LogP contribution is 2.31. The Morgan fingerprint density at radius 2 is 1.82 bits per heavy atom. The number of piperidine rings is 1. The number of nitrogens with one attached hydrogen (secondary N) is 2. The second-order valence-electron chi connectivity index (χ2n) is 7.67. The van der Waals surface area contributed by atoms with E-state index in [4.69, 9.17) is 0 Å². The number of aromatic nitrogens is 5. The van der Waals surface area contributed by atoms with E-state index < -0.39 is 5.95 Å². The molecule has 8 heteroatoms. The lowest BCUT2D eigenvalue weighted by Gasteiger charge is -2.36. The zero-order valence-electron chi connectivity index (χ0n) is 15.6. The average molecular weight is 379 g/mol. The summed E-state index contributed by atoms with van der Waals surface area (Å²) in [5.74, 6) is 0.289. The van der Waals surface area contributed by atoms with E-state index in [9.17, 15) is 4.39 Å². The van der Waals surface area contributed by atoms with Gasteiger partial charge in [-0.05, 0) is 49.9 Å². The Morgan fingerprint density at radius 1 is 1.04 bits per heavy atom. The van der Waals surface area contributed by atoms with Crippen LogP contribution in [0.15, 0.2) is 36.7 Å². The first kappa shape index (κ1) is 17.2. The molecule has 3 aromatic heterocycles. The van der Waals surface area contributed by atoms with Crippen molar-refractivity contribution >= 4 is 5.82 Å². The smallest absolute Gasteiger partial charge is 0.221 e. The average Bonchev–Trinajstić information content (AvgIpc) is 3.37. The molecule has 0 unspecified atom stereocenters. The van der Waals surface area contributed by atoms with Crippen LogP contribution in [0.25, 0.3) is 22.5 Å². The molecule has 0 radical (unpaired) electrons. The normalized spacial score (nSPS) is 23.7. The minimum Gasteiger partial charge on any atom is -0.355 e. The van der Waals surface area contributed by atoms with Gasteiger partial charge in [0, 0.05) is 42.5 Å². The van der Waals surface area contributed by atoms with E-state index in [1.165, 1.54) is 12.8 Å². The fourth-order valence-corrected chi connectivity index (χ4v) is 4.37. The van der Waals surface area contributed by atoms with Crippen molar-refractivity contribution in [1.29, 1.82) is 0 Å². The molecule has 5 rings (SSSR count). The number of anilines is 1. The summed E-state index contributed by atoms with van der Waals surface area (Å²) in [6.45, 7) is 0. The second kappa shape index (κ2) is 6.94. The highest BCUT2D eigenvalue weighted by Gasteiger charge is 2.35. The van der Waals surface area contributed by atoms with E-state index in [1.54, 1.807) is 24.5 Å². The van der Waals surface area contributed by atoms with Crippen LogP contribution in [-0.4, -0.2) is 50.6 Å². The number of hydrogen-bond donors (Lipinski definition) is 2. The largest absolute Gasteiger partial charge is 0.355 e. The van der Waals surface area contributed by atoms with Gasteiger partial charge in [-0.15, -0.1) is 10.2 Å². The van der Waals surface area contributed by atoms with Crippen LogP contribution in [0, 0.1) is 5.95 Å². The predicted octanol–water partition coefficient (Wildman–Crippen LogP) is 2.79. The van der Waals surface area contributed by atoms with E-state index in [1.807, 2.05) is 12.1 Å². The monoisotopic (exact) mass is 379 g/mol. The summed E-state index contributed by atoms with van der Waals surface area (Å²) in [6.07, 6.45) is 8.02. The molecule has 0 saturated carbocycles. The fraction of sp³-hybridized carbons (Fsp3) is 0.400. The van der Waals surface area contributed by atoms with Crippen molar-refractivity contribution in [2.24, 2.45) is 0 Å². The molecule has 3 atom stereocenters. The van der Waals surface area contributed by atoms with Crippen LogP contribution in [0.3, 0.4) is 0 Å². The van der Waals surface area contributed by atoms with Crippen LogP contribution in [0.1, 0.15) is 25.7 Å². The minimum absolute atomic E-state index is 0.405. The van der Waals surface area contributed by atoms with Gasteiger partial charge in [-0.3, -0.25) is 5.10 Å². The van der Waals surface area contributed by atoms with Gasteiger partial charge < -0.3 is 10.2 Å². The first-order chi connectivity index (χ1) is 13.7. The van der Waals surface area contributed by atoms with Crippen LogP contribution < -0.4 is 10.2 Å². The summed E-state index contributed by atoms with van der Waals surface area (Å²) in [5.41, 5.74) is 2.09. The zero-order valence-corrected chi connectivity index (χ0v) is 15.6. The van der Waals surface area contributed by atoms with Gasteiger partial charge in [-0.2, -0.15) is 9.49 Å². The quantitative estimate of drug-likeness (QED) is 0.679. The maximum Gasteiger partial charge on any atom is 0.221 e. The Balaban J connectivity index is 1.34. The maximum atomic E-state index is 14.4. The van der Waals surface area contributed by atoms with E-state index >= 15 is 0 Å². The van der Waals surface area contributed by atoms with Crippen molar-refractivity contribution in [3.05, 3.63) is 42.6 Å². The fourth-order valence-electron chi connectivity index (χ4n) is 4.37. The SMILES string of the molecule is CN(c1ccc(-c2ccc(-c3cn[nH]c3)c(F)n2)nn1)[C@@H]1C[C@H]2CC[C@@H](C1)N2. The third kappa shape index (κ3) is 3.13. The van der Waals surface area contributed by atoms with Gasteiger partial charge >= 0.3 is 0 Å². The maximum absolute atomic E-state index is 14.4. The third-order valence-electron chi connectivity index (χ3n) is 5.93. The number of aromatic amines is 1. The molecule has 28 heavy (non-hydrogen) atoms. The lowest BCUT2D eigenvalue weighted by Crippen LogP contribution is -2.47. The molecular formula is C20H22FN7. The highest BCUT2D eigenvalue weighted by atomic mass is 19.1. The van der Waals surface area contributed by atoms with Gasteiger partial charge in [0.05, 0.1) is 11.9 Å². The van der Waals surface area contributed by atoms with Gasteiger partial charge in [0.15, 0.2) is 5.82 Å². The lowest BCUT2D eigenvalue weighted by molar-refractivity contribution is 0.353. The third-order valence-corrected chi connectivity index (χ3v) is 5.93. The molecule has 144 valence electrons. The molecule has 2 N–H and O–H groups in total. The Bertz CT molecular complexity index is 945. The molecule has 2 bridgehead atoms. The number of nitrogens with zero attached hydrogens (tertiary/aromatic N) is 5. The summed E-state index contributed by atoms with van der Waals surface area (Å²) in [4.78, 5) is 6.28. The molecule has 0 aliphatic carbocycles. The highest BCUT2D eigenvalue weighted by molar-refractivity contribution is 5.65. The summed E-state index contributed by atoms with van der Waals surface area (Å²) < 4.78 is 14.4. The predicted molar refractivity (Wildman–Crippen MR) is 104 cm³/mol. The summed E-state index contributed by atoms with van der Waals surface area (Å²) in [6, 6.07) is 8.96. The Morgan fingerprint density at radius 3 is 2.46 bits per heavy atom. The first-order valence-corrected chi connectivity index (χ1v) is 9.66. The van der Waals surface area contributed by atoms with Gasteiger partial charge in [-0.25, -0.2) is 4.98 Å². The summed E-state index contributed by atoms with van der Waals surface area (Å²) in [7, 11) is 2.08. The van der Waals surface area contributed by atoms with Crippen LogP contribution in [0.5, 0.6) is 0 Å². The van der Waals surface area contributed by atoms with Crippen LogP contribution in [-0.2, 0) is 0 Å². The summed E-state index contributed by atoms with van der Waals surface area (Å²) in [5, 5.41) is 18.9. The van der Waals surface area contributed by atoms with E-state index in [-0.39, 0.29) is 0 Å². The van der Waals surface area contributed by atoms with Crippen LogP contribution >= 0.6 is 0 Å². The molecule has 5 heterocycles. The van der Waals surface area contributed by atoms with Crippen molar-refractivity contribution in [2.75, 3.05) is 11.9 Å². The van der Waals surface area contributed by atoms with Crippen molar-refractivity contribution in [3.63, 3.8) is 0 Å². The first-order valence-electron chi connectivity index (χ1n) is 9.66. The number of fused-ring (bicyclic) bond motifs is 2. The molecule has 2 aliphatic rings. The van der Waals surface area contributed by atoms with Gasteiger partial charge in [0.1, 0.15) is 5.69 Å². The van der Waals surface area contributed by atoms with Gasteiger partial charge in [0.25, 0.3) is 0 Å². The minimum atomic E-state index is -0.549. The Labute approximate surface area is 162 Å². The van der Waals surface area contributed by atoms with Crippen molar-refractivity contribution in [2.45, 2.75) is 43.8 Å². The lowest BCUT2D eigenvalue weighted by atomic mass is 9.98. The molecule has 7 nitrogen and oxygen atoms in total. The van der Waals surface area contributed by atoms with Crippen LogP contribution in [0.2, 0.25) is 0 Å². The van der Waals surface area contributed by atoms with Crippen molar-refractivity contribution in [3.8, 4) is 22.5 Å². The summed E-state index contributed by atoms with van der Waals surface area (Å²) >= 11 is 0. The molecular weight excluding hydrogens is 357 g/mol. The second-order valence-corrected chi connectivity index (χ2v) is 7.67. The zero-order chi connectivity index (χ0) is 19.1. The van der Waals surface area contributed by atoms with Crippen molar-refractivity contribution < 1.29 is 4.39 Å². The Kier molecular flexibility index (Phi) is 4.27. The number of halogens is 1.